The van der Waals surface area contributed by atoms with Crippen LogP contribution in [-0.4, -0.2) is 37.5 Å². The first-order chi connectivity index (χ1) is 7.63. The van der Waals surface area contributed by atoms with E-state index in [0.717, 1.165) is 4.52 Å². The minimum absolute atomic E-state index is 0.0130. The summed E-state index contributed by atoms with van der Waals surface area (Å²) in [6.45, 7) is 2.14. The first-order valence-corrected chi connectivity index (χ1v) is 4.51. The zero-order chi connectivity index (χ0) is 11.7. The molecule has 8 heteroatoms. The van der Waals surface area contributed by atoms with Crippen LogP contribution < -0.4 is 10.5 Å². The molecular weight excluding hydrogens is 214 g/mol. The van der Waals surface area contributed by atoms with Gasteiger partial charge in [-0.05, 0) is 6.92 Å². The fourth-order valence-corrected chi connectivity index (χ4v) is 1.25. The van der Waals surface area contributed by atoms with E-state index in [1.54, 1.807) is 6.92 Å². The predicted octanol–water partition coefficient (Wildman–Crippen LogP) is -0.197. The molecule has 0 spiro atoms. The number of anilines is 1. The van der Waals surface area contributed by atoms with Crippen LogP contribution >= 0.6 is 0 Å². The summed E-state index contributed by atoms with van der Waals surface area (Å²) < 4.78 is 6.26. The minimum Gasteiger partial charge on any atom is -0.478 e. The van der Waals surface area contributed by atoms with Gasteiger partial charge in [-0.1, -0.05) is 0 Å². The SMILES string of the molecule is CCOc1cc(C(=O)O)c2nnc(N)n2n1. The summed E-state index contributed by atoms with van der Waals surface area (Å²) in [5, 5.41) is 20.1. The average molecular weight is 223 g/mol. The van der Waals surface area contributed by atoms with Gasteiger partial charge < -0.3 is 15.6 Å². The zero-order valence-electron chi connectivity index (χ0n) is 8.41. The van der Waals surface area contributed by atoms with Crippen LogP contribution in [0.25, 0.3) is 5.65 Å². The van der Waals surface area contributed by atoms with Crippen LogP contribution in [-0.2, 0) is 0 Å². The van der Waals surface area contributed by atoms with E-state index in [-0.39, 0.29) is 23.0 Å². The van der Waals surface area contributed by atoms with E-state index in [1.807, 2.05) is 0 Å². The highest BCUT2D eigenvalue weighted by molar-refractivity contribution is 5.94. The second kappa shape index (κ2) is 3.65. The fourth-order valence-electron chi connectivity index (χ4n) is 1.25. The first-order valence-electron chi connectivity index (χ1n) is 4.51. The third-order valence-corrected chi connectivity index (χ3v) is 1.89. The standard InChI is InChI=1S/C8H9N5O3/c1-2-16-5-3-4(7(14)15)6-10-11-8(9)13(6)12-5/h3H,2H2,1H3,(H2,9,11)(H,14,15). The van der Waals surface area contributed by atoms with Crippen LogP contribution in [0.2, 0.25) is 0 Å². The summed E-state index contributed by atoms with van der Waals surface area (Å²) in [5.74, 6) is -0.960. The van der Waals surface area contributed by atoms with E-state index in [1.165, 1.54) is 6.07 Å². The number of fused-ring (bicyclic) bond motifs is 1. The molecule has 0 aliphatic carbocycles. The quantitative estimate of drug-likeness (QED) is 0.740. The van der Waals surface area contributed by atoms with Crippen molar-refractivity contribution in [2.24, 2.45) is 0 Å². The Balaban J connectivity index is 2.70. The summed E-state index contributed by atoms with van der Waals surface area (Å²) >= 11 is 0. The number of hydrogen-bond acceptors (Lipinski definition) is 6. The van der Waals surface area contributed by atoms with Gasteiger partial charge in [0.1, 0.15) is 5.56 Å². The normalized spacial score (nSPS) is 10.6. The summed E-state index contributed by atoms with van der Waals surface area (Å²) in [6, 6.07) is 1.29. The second-order valence-corrected chi connectivity index (χ2v) is 2.93. The molecule has 2 heterocycles. The largest absolute Gasteiger partial charge is 0.478 e. The second-order valence-electron chi connectivity index (χ2n) is 2.93. The third-order valence-electron chi connectivity index (χ3n) is 1.89. The number of aromatic nitrogens is 4. The van der Waals surface area contributed by atoms with E-state index in [0.29, 0.717) is 6.61 Å². The van der Waals surface area contributed by atoms with Crippen molar-refractivity contribution in [1.82, 2.24) is 19.8 Å². The lowest BCUT2D eigenvalue weighted by Crippen LogP contribution is -2.07. The number of carboxylic acids is 1. The lowest BCUT2D eigenvalue weighted by atomic mass is 10.3. The molecule has 2 aromatic rings. The lowest BCUT2D eigenvalue weighted by molar-refractivity contribution is 0.0697. The highest BCUT2D eigenvalue weighted by Gasteiger charge is 2.16. The maximum absolute atomic E-state index is 11.0. The molecule has 0 saturated heterocycles. The van der Waals surface area contributed by atoms with Crippen molar-refractivity contribution in [1.29, 1.82) is 0 Å². The predicted molar refractivity (Wildman–Crippen MR) is 53.3 cm³/mol. The molecule has 0 atom stereocenters. The van der Waals surface area contributed by atoms with Gasteiger partial charge in [0.2, 0.25) is 11.8 Å². The van der Waals surface area contributed by atoms with E-state index in [9.17, 15) is 4.79 Å². The topological polar surface area (TPSA) is 116 Å². The van der Waals surface area contributed by atoms with E-state index in [2.05, 4.69) is 15.3 Å². The van der Waals surface area contributed by atoms with Crippen LogP contribution in [0.5, 0.6) is 5.88 Å². The first kappa shape index (κ1) is 10.1. The van der Waals surface area contributed by atoms with Gasteiger partial charge >= 0.3 is 5.97 Å². The molecular formula is C8H9N5O3. The number of nitrogen functional groups attached to an aromatic ring is 1. The van der Waals surface area contributed by atoms with Crippen LogP contribution in [0.1, 0.15) is 17.3 Å². The molecule has 0 aliphatic heterocycles. The number of carboxylic acid groups (broad SMARTS) is 1. The Kier molecular flexibility index (Phi) is 2.31. The van der Waals surface area contributed by atoms with Gasteiger partial charge in [-0.2, -0.15) is 4.52 Å². The molecule has 8 nitrogen and oxygen atoms in total. The maximum Gasteiger partial charge on any atom is 0.339 e. The van der Waals surface area contributed by atoms with Crippen molar-refractivity contribution in [3.63, 3.8) is 0 Å². The lowest BCUT2D eigenvalue weighted by Gasteiger charge is -2.04. The smallest absolute Gasteiger partial charge is 0.339 e. The molecule has 2 aromatic heterocycles. The molecule has 84 valence electrons. The molecule has 0 bridgehead atoms. The highest BCUT2D eigenvalue weighted by atomic mass is 16.5. The molecule has 0 unspecified atom stereocenters. The van der Waals surface area contributed by atoms with Crippen LogP contribution in [0.15, 0.2) is 6.07 Å². The summed E-state index contributed by atoms with van der Waals surface area (Å²) in [6.07, 6.45) is 0. The van der Waals surface area contributed by atoms with Crippen molar-refractivity contribution in [2.45, 2.75) is 6.92 Å². The molecule has 0 aliphatic rings. The Morgan fingerprint density at radius 2 is 2.38 bits per heavy atom. The van der Waals surface area contributed by atoms with Crippen LogP contribution in [0.3, 0.4) is 0 Å². The number of aromatic carboxylic acids is 1. The zero-order valence-corrected chi connectivity index (χ0v) is 8.41. The van der Waals surface area contributed by atoms with Crippen LogP contribution in [0, 0.1) is 0 Å². The number of nitrogens with two attached hydrogens (primary N) is 1. The highest BCUT2D eigenvalue weighted by Crippen LogP contribution is 2.16. The molecule has 0 saturated carbocycles. The monoisotopic (exact) mass is 223 g/mol. The molecule has 16 heavy (non-hydrogen) atoms. The van der Waals surface area contributed by atoms with E-state index < -0.39 is 5.97 Å². The maximum atomic E-state index is 11.0. The van der Waals surface area contributed by atoms with Crippen molar-refractivity contribution in [3.05, 3.63) is 11.6 Å². The molecule has 0 radical (unpaired) electrons. The van der Waals surface area contributed by atoms with Crippen molar-refractivity contribution >= 4 is 17.6 Å². The summed E-state index contributed by atoms with van der Waals surface area (Å²) in [7, 11) is 0. The molecule has 0 fully saturated rings. The number of ether oxygens (including phenoxy) is 1. The fraction of sp³-hybridized carbons (Fsp3) is 0.250. The number of carbonyl (C=O) groups is 1. The van der Waals surface area contributed by atoms with Crippen molar-refractivity contribution in [2.75, 3.05) is 12.3 Å². The van der Waals surface area contributed by atoms with Gasteiger partial charge in [0.15, 0.2) is 5.65 Å². The Labute approximate surface area is 89.6 Å². The summed E-state index contributed by atoms with van der Waals surface area (Å²) in [4.78, 5) is 11.0. The van der Waals surface area contributed by atoms with Gasteiger partial charge in [0.05, 0.1) is 6.61 Å². The number of rotatable bonds is 3. The Bertz CT molecular complexity index is 550. The Hall–Kier alpha value is -2.38. The van der Waals surface area contributed by atoms with E-state index >= 15 is 0 Å². The number of nitrogens with zero attached hydrogens (tertiary/aromatic N) is 4. The van der Waals surface area contributed by atoms with Gasteiger partial charge in [-0.15, -0.1) is 15.3 Å². The summed E-state index contributed by atoms with van der Waals surface area (Å²) in [5.41, 5.74) is 5.53. The van der Waals surface area contributed by atoms with Crippen molar-refractivity contribution < 1.29 is 14.6 Å². The molecule has 0 aromatic carbocycles. The van der Waals surface area contributed by atoms with Gasteiger partial charge in [0.25, 0.3) is 0 Å². The Morgan fingerprint density at radius 1 is 1.62 bits per heavy atom. The minimum atomic E-state index is -1.14. The molecule has 3 N–H and O–H groups in total. The van der Waals surface area contributed by atoms with Gasteiger partial charge in [0, 0.05) is 6.07 Å². The van der Waals surface area contributed by atoms with Crippen molar-refractivity contribution in [3.8, 4) is 5.88 Å². The molecule has 2 rings (SSSR count). The molecule has 0 amide bonds. The van der Waals surface area contributed by atoms with Gasteiger partial charge in [-0.25, -0.2) is 4.79 Å². The van der Waals surface area contributed by atoms with Crippen LogP contribution in [0.4, 0.5) is 5.95 Å². The average Bonchev–Trinajstić information content (AvgIpc) is 2.60. The Morgan fingerprint density at radius 3 is 3.00 bits per heavy atom. The third kappa shape index (κ3) is 1.49. The van der Waals surface area contributed by atoms with E-state index in [4.69, 9.17) is 15.6 Å². The van der Waals surface area contributed by atoms with Gasteiger partial charge in [-0.3, -0.25) is 0 Å². The number of hydrogen-bond donors (Lipinski definition) is 2.